The number of carbonyl (C=O) groups excluding carboxylic acids is 2. The van der Waals surface area contributed by atoms with E-state index in [0.717, 1.165) is 12.1 Å². The number of ether oxygens (including phenoxy) is 2. The highest BCUT2D eigenvalue weighted by atomic mass is 35.5. The van der Waals surface area contributed by atoms with Crippen molar-refractivity contribution in [2.75, 3.05) is 51.3 Å². The standard InChI is InChI=1S/C32H42ClF2N5O6/c1-21(2)25-5-11-36-40(25)32(28(42)37-24-4-3-23(33)18-26(24)46-30(34)35)9-12-38(13-10-32)20-31(29(43)44)7-14-39(15-8-31)27(41)17-22-6-16-45-19-22/h3-5,11,18,21-22,30H,6-10,12-17,19-20H2,1-2H3,(H,37,42)(H,43,44)/t22-/m1/s1. The van der Waals surface area contributed by atoms with Crippen LogP contribution in [0.3, 0.4) is 0 Å². The number of anilines is 1. The number of piperidine rings is 2. The Kier molecular flexibility index (Phi) is 10.5. The fourth-order valence-electron chi connectivity index (χ4n) is 6.93. The minimum Gasteiger partial charge on any atom is -0.481 e. The van der Waals surface area contributed by atoms with Crippen LogP contribution in [0.5, 0.6) is 5.75 Å². The van der Waals surface area contributed by atoms with Crippen LogP contribution in [-0.2, 0) is 24.7 Å². The summed E-state index contributed by atoms with van der Waals surface area (Å²) >= 11 is 6.01. The first-order valence-corrected chi connectivity index (χ1v) is 16.2. The van der Waals surface area contributed by atoms with Gasteiger partial charge in [-0.1, -0.05) is 25.4 Å². The lowest BCUT2D eigenvalue weighted by Crippen LogP contribution is -2.57. The van der Waals surface area contributed by atoms with E-state index in [2.05, 4.69) is 20.1 Å². The average molecular weight is 666 g/mol. The molecule has 1 atom stereocenters. The topological polar surface area (TPSA) is 126 Å². The van der Waals surface area contributed by atoms with Crippen LogP contribution in [0, 0.1) is 11.3 Å². The zero-order valence-corrected chi connectivity index (χ0v) is 27.0. The molecule has 3 saturated heterocycles. The van der Waals surface area contributed by atoms with E-state index in [1.165, 1.54) is 18.2 Å². The Hall–Kier alpha value is -3.29. The number of hydrogen-bond donors (Lipinski definition) is 2. The van der Waals surface area contributed by atoms with Crippen molar-refractivity contribution < 1.29 is 37.7 Å². The third-order valence-electron chi connectivity index (χ3n) is 9.72. The number of aliphatic carboxylic acids is 1. The summed E-state index contributed by atoms with van der Waals surface area (Å²) in [6, 6.07) is 5.97. The second-order valence-electron chi connectivity index (χ2n) is 13.0. The number of rotatable bonds is 11. The summed E-state index contributed by atoms with van der Waals surface area (Å²) in [5.41, 5.74) is -1.29. The third-order valence-corrected chi connectivity index (χ3v) is 9.96. The Bertz CT molecular complexity index is 1400. The van der Waals surface area contributed by atoms with Crippen molar-refractivity contribution in [1.82, 2.24) is 19.6 Å². The maximum atomic E-state index is 14.2. The van der Waals surface area contributed by atoms with Crippen LogP contribution in [0.25, 0.3) is 0 Å². The van der Waals surface area contributed by atoms with Crippen molar-refractivity contribution in [2.24, 2.45) is 11.3 Å². The average Bonchev–Trinajstić information content (AvgIpc) is 3.72. The molecule has 3 fully saturated rings. The molecule has 3 aliphatic rings. The molecule has 0 radical (unpaired) electrons. The highest BCUT2D eigenvalue weighted by Gasteiger charge is 2.49. The second kappa shape index (κ2) is 14.2. The molecule has 1 aromatic heterocycles. The van der Waals surface area contributed by atoms with E-state index in [1.54, 1.807) is 15.8 Å². The van der Waals surface area contributed by atoms with Crippen LogP contribution in [0.15, 0.2) is 30.5 Å². The van der Waals surface area contributed by atoms with Gasteiger partial charge >= 0.3 is 12.6 Å². The number of likely N-dealkylation sites (tertiary alicyclic amines) is 2. The van der Waals surface area contributed by atoms with Crippen molar-refractivity contribution in [3.63, 3.8) is 0 Å². The number of nitrogens with zero attached hydrogens (tertiary/aromatic N) is 4. The molecular formula is C32H42ClF2N5O6. The molecule has 4 heterocycles. The summed E-state index contributed by atoms with van der Waals surface area (Å²) in [5.74, 6) is -1.26. The van der Waals surface area contributed by atoms with E-state index in [1.807, 2.05) is 19.9 Å². The smallest absolute Gasteiger partial charge is 0.387 e. The fraction of sp³-hybridized carbons (Fsp3) is 0.625. The molecule has 0 spiro atoms. The predicted molar refractivity (Wildman–Crippen MR) is 166 cm³/mol. The number of aromatic nitrogens is 2. The predicted octanol–water partition coefficient (Wildman–Crippen LogP) is 4.81. The van der Waals surface area contributed by atoms with E-state index in [4.69, 9.17) is 16.3 Å². The maximum absolute atomic E-state index is 14.2. The van der Waals surface area contributed by atoms with Gasteiger partial charge in [-0.2, -0.15) is 13.9 Å². The molecule has 1 aromatic carbocycles. The molecule has 252 valence electrons. The Morgan fingerprint density at radius 3 is 2.46 bits per heavy atom. The summed E-state index contributed by atoms with van der Waals surface area (Å²) in [6.45, 7) is 4.02. The molecule has 46 heavy (non-hydrogen) atoms. The molecular weight excluding hydrogens is 624 g/mol. The molecule has 0 aliphatic carbocycles. The van der Waals surface area contributed by atoms with Gasteiger partial charge in [0, 0.05) is 75.3 Å². The number of carboxylic acid groups (broad SMARTS) is 1. The van der Waals surface area contributed by atoms with Gasteiger partial charge in [0.1, 0.15) is 5.54 Å². The first-order chi connectivity index (χ1) is 21.9. The summed E-state index contributed by atoms with van der Waals surface area (Å²) in [5, 5.41) is 17.9. The van der Waals surface area contributed by atoms with Crippen molar-refractivity contribution >= 4 is 35.1 Å². The summed E-state index contributed by atoms with van der Waals surface area (Å²) < 4.78 is 38.1. The molecule has 0 saturated carbocycles. The van der Waals surface area contributed by atoms with E-state index in [-0.39, 0.29) is 40.7 Å². The number of amides is 2. The number of carboxylic acids is 1. The lowest BCUT2D eigenvalue weighted by atomic mass is 9.76. The summed E-state index contributed by atoms with van der Waals surface area (Å²) in [7, 11) is 0. The zero-order valence-electron chi connectivity index (χ0n) is 26.2. The minimum atomic E-state index is -3.11. The van der Waals surface area contributed by atoms with Crippen LogP contribution in [0.4, 0.5) is 14.5 Å². The van der Waals surface area contributed by atoms with Gasteiger partial charge in [-0.15, -0.1) is 0 Å². The van der Waals surface area contributed by atoms with Gasteiger partial charge < -0.3 is 29.7 Å². The number of nitrogens with one attached hydrogen (secondary N) is 1. The summed E-state index contributed by atoms with van der Waals surface area (Å²) in [4.78, 5) is 43.6. The van der Waals surface area contributed by atoms with Gasteiger partial charge in [0.15, 0.2) is 5.75 Å². The Balaban J connectivity index is 1.31. The maximum Gasteiger partial charge on any atom is 0.387 e. The van der Waals surface area contributed by atoms with Crippen molar-refractivity contribution in [2.45, 2.75) is 70.4 Å². The minimum absolute atomic E-state index is 0.0443. The number of benzene rings is 1. The van der Waals surface area contributed by atoms with Gasteiger partial charge in [-0.05, 0) is 62.1 Å². The van der Waals surface area contributed by atoms with Crippen molar-refractivity contribution in [3.8, 4) is 5.75 Å². The quantitative estimate of drug-likeness (QED) is 0.350. The number of carbonyl (C=O) groups is 3. The van der Waals surface area contributed by atoms with Crippen molar-refractivity contribution in [3.05, 3.63) is 41.2 Å². The first-order valence-electron chi connectivity index (χ1n) is 15.8. The molecule has 2 N–H and O–H groups in total. The van der Waals surface area contributed by atoms with Crippen LogP contribution in [-0.4, -0.2) is 95.0 Å². The second-order valence-corrected chi connectivity index (χ2v) is 13.4. The largest absolute Gasteiger partial charge is 0.481 e. The monoisotopic (exact) mass is 665 g/mol. The van der Waals surface area contributed by atoms with Gasteiger partial charge in [0.25, 0.3) is 5.91 Å². The highest BCUT2D eigenvalue weighted by Crippen LogP contribution is 2.39. The van der Waals surface area contributed by atoms with E-state index in [0.29, 0.717) is 71.5 Å². The van der Waals surface area contributed by atoms with Crippen LogP contribution >= 0.6 is 11.6 Å². The van der Waals surface area contributed by atoms with Crippen LogP contribution < -0.4 is 10.1 Å². The molecule has 0 unspecified atom stereocenters. The third kappa shape index (κ3) is 7.31. The number of halogens is 3. The molecule has 5 rings (SSSR count). The molecule has 2 aromatic rings. The lowest BCUT2D eigenvalue weighted by Gasteiger charge is -2.46. The Morgan fingerprint density at radius 1 is 1.13 bits per heavy atom. The van der Waals surface area contributed by atoms with E-state index < -0.39 is 29.4 Å². The normalized spacial score (nSPS) is 21.5. The van der Waals surface area contributed by atoms with Gasteiger partial charge in [-0.3, -0.25) is 19.1 Å². The zero-order chi connectivity index (χ0) is 33.1. The van der Waals surface area contributed by atoms with Crippen LogP contribution in [0.1, 0.15) is 64.0 Å². The van der Waals surface area contributed by atoms with Gasteiger partial charge in [-0.25, -0.2) is 0 Å². The van der Waals surface area contributed by atoms with Gasteiger partial charge in [0.2, 0.25) is 5.91 Å². The molecule has 0 bridgehead atoms. The molecule has 2 amide bonds. The van der Waals surface area contributed by atoms with Crippen LogP contribution in [0.2, 0.25) is 5.02 Å². The lowest BCUT2D eigenvalue weighted by molar-refractivity contribution is -0.156. The molecule has 11 nitrogen and oxygen atoms in total. The summed E-state index contributed by atoms with van der Waals surface area (Å²) in [6.07, 6.45) is 4.24. The fourth-order valence-corrected chi connectivity index (χ4v) is 7.09. The highest BCUT2D eigenvalue weighted by molar-refractivity contribution is 6.30. The Morgan fingerprint density at radius 2 is 1.85 bits per heavy atom. The van der Waals surface area contributed by atoms with E-state index >= 15 is 0 Å². The number of alkyl halides is 2. The molecule has 14 heteroatoms. The molecule has 3 aliphatic heterocycles. The number of hydrogen-bond acceptors (Lipinski definition) is 7. The van der Waals surface area contributed by atoms with Gasteiger partial charge in [0.05, 0.1) is 11.1 Å². The van der Waals surface area contributed by atoms with E-state index in [9.17, 15) is 28.3 Å². The first kappa shape index (κ1) is 34.1. The SMILES string of the molecule is CC(C)c1ccnn1C1(C(=O)Nc2ccc(Cl)cc2OC(F)F)CCN(CC2(C(=O)O)CCN(C(=O)C[C@H]3CCOC3)CC2)CC1. The van der Waals surface area contributed by atoms with Crippen molar-refractivity contribution in [1.29, 1.82) is 0 Å². The Labute approximate surface area is 272 Å².